The molecule has 1 aromatic carbocycles. The van der Waals surface area contributed by atoms with Gasteiger partial charge in [-0.3, -0.25) is 14.5 Å². The second kappa shape index (κ2) is 9.06. The average molecular weight is 479 g/mol. The zero-order chi connectivity index (χ0) is 21.1. The van der Waals surface area contributed by atoms with Gasteiger partial charge in [0.1, 0.15) is 12.2 Å². The van der Waals surface area contributed by atoms with Crippen LogP contribution < -0.4 is 5.32 Å². The maximum atomic E-state index is 12.7. The van der Waals surface area contributed by atoms with Gasteiger partial charge in [-0.1, -0.05) is 15.9 Å². The largest absolute Gasteiger partial charge is 0.383 e. The molecule has 29 heavy (non-hydrogen) atoms. The van der Waals surface area contributed by atoms with E-state index in [0.29, 0.717) is 30.5 Å². The van der Waals surface area contributed by atoms with E-state index in [9.17, 15) is 9.59 Å². The molecular weight excluding hydrogens is 456 g/mol. The lowest BCUT2D eigenvalue weighted by molar-refractivity contribution is -0.123. The molecule has 2 amide bonds. The third-order valence-corrected chi connectivity index (χ3v) is 5.76. The fraction of sp³-hybridized carbons (Fsp3) is 0.350. The Bertz CT molecular complexity index is 1000. The number of hydrogen-bond donors (Lipinski definition) is 1. The molecule has 0 unspecified atom stereocenters. The first kappa shape index (κ1) is 21.5. The molecule has 1 aromatic heterocycles. The van der Waals surface area contributed by atoms with Crippen molar-refractivity contribution in [3.63, 3.8) is 0 Å². The van der Waals surface area contributed by atoms with Crippen molar-refractivity contribution in [1.29, 1.82) is 0 Å². The van der Waals surface area contributed by atoms with Crippen LogP contribution in [0.2, 0.25) is 0 Å². The van der Waals surface area contributed by atoms with Crippen molar-refractivity contribution in [2.45, 2.75) is 13.5 Å². The molecule has 0 radical (unpaired) electrons. The number of nitrogens with zero attached hydrogens (tertiary/aromatic N) is 3. The Balaban J connectivity index is 1.98. The Kier molecular flexibility index (Phi) is 6.71. The number of ether oxygens (including phenoxy) is 1. The van der Waals surface area contributed by atoms with Crippen LogP contribution in [0.15, 0.2) is 34.6 Å². The SMILES string of the molecule is CCN1C(=O)/C(=C/c2cn(CC(=O)NCCOC)c3ccc(Br)cc23)N(C)C1=S. The number of carbonyl (C=O) groups excluding carboxylic acids is 2. The smallest absolute Gasteiger partial charge is 0.276 e. The van der Waals surface area contributed by atoms with Gasteiger partial charge in [-0.05, 0) is 43.4 Å². The summed E-state index contributed by atoms with van der Waals surface area (Å²) in [5.41, 5.74) is 2.27. The monoisotopic (exact) mass is 478 g/mol. The number of carbonyl (C=O) groups is 2. The van der Waals surface area contributed by atoms with Gasteiger partial charge in [-0.15, -0.1) is 0 Å². The number of likely N-dealkylation sites (N-methyl/N-ethyl adjacent to an activating group) is 2. The van der Waals surface area contributed by atoms with Gasteiger partial charge >= 0.3 is 0 Å². The number of amides is 2. The number of aromatic nitrogens is 1. The highest BCUT2D eigenvalue weighted by Gasteiger charge is 2.34. The minimum atomic E-state index is -0.117. The van der Waals surface area contributed by atoms with E-state index in [1.54, 1.807) is 24.0 Å². The first-order valence-electron chi connectivity index (χ1n) is 9.22. The zero-order valence-corrected chi connectivity index (χ0v) is 19.0. The maximum Gasteiger partial charge on any atom is 0.276 e. The molecule has 1 fully saturated rings. The number of hydrogen-bond acceptors (Lipinski definition) is 4. The van der Waals surface area contributed by atoms with Crippen molar-refractivity contribution in [1.82, 2.24) is 19.7 Å². The molecule has 7 nitrogen and oxygen atoms in total. The summed E-state index contributed by atoms with van der Waals surface area (Å²) in [6.45, 7) is 3.51. The lowest BCUT2D eigenvalue weighted by atomic mass is 10.1. The van der Waals surface area contributed by atoms with Gasteiger partial charge in [0.2, 0.25) is 5.91 Å². The van der Waals surface area contributed by atoms with E-state index in [0.717, 1.165) is 20.9 Å². The summed E-state index contributed by atoms with van der Waals surface area (Å²) in [5.74, 6) is -0.221. The Hall–Kier alpha value is -2.23. The second-order valence-corrected chi connectivity index (χ2v) is 7.92. The molecule has 154 valence electrons. The molecule has 3 rings (SSSR count). The van der Waals surface area contributed by atoms with Crippen molar-refractivity contribution in [2.24, 2.45) is 0 Å². The van der Waals surface area contributed by atoms with Gasteiger partial charge < -0.3 is 19.5 Å². The topological polar surface area (TPSA) is 66.8 Å². The predicted molar refractivity (Wildman–Crippen MR) is 120 cm³/mol. The van der Waals surface area contributed by atoms with E-state index in [-0.39, 0.29) is 18.4 Å². The Morgan fingerprint density at radius 1 is 1.38 bits per heavy atom. The highest BCUT2D eigenvalue weighted by atomic mass is 79.9. The van der Waals surface area contributed by atoms with Gasteiger partial charge in [0.15, 0.2) is 5.11 Å². The molecule has 0 saturated carbocycles. The van der Waals surface area contributed by atoms with E-state index in [1.165, 1.54) is 0 Å². The van der Waals surface area contributed by atoms with E-state index < -0.39 is 0 Å². The molecule has 1 aliphatic heterocycles. The summed E-state index contributed by atoms with van der Waals surface area (Å²) in [6, 6.07) is 5.86. The molecule has 2 heterocycles. The zero-order valence-electron chi connectivity index (χ0n) is 16.6. The molecule has 2 aromatic rings. The van der Waals surface area contributed by atoms with E-state index in [4.69, 9.17) is 17.0 Å². The average Bonchev–Trinajstić information content (AvgIpc) is 3.11. The number of nitrogens with one attached hydrogen (secondary N) is 1. The van der Waals surface area contributed by atoms with Crippen LogP contribution in [-0.4, -0.2) is 65.1 Å². The number of fused-ring (bicyclic) bond motifs is 1. The van der Waals surface area contributed by atoms with Gasteiger partial charge in [0.25, 0.3) is 5.91 Å². The van der Waals surface area contributed by atoms with Crippen LogP contribution >= 0.6 is 28.1 Å². The number of thiocarbonyl (C=S) groups is 1. The van der Waals surface area contributed by atoms with Crippen molar-refractivity contribution in [3.8, 4) is 0 Å². The van der Waals surface area contributed by atoms with Crippen LogP contribution in [-0.2, 0) is 20.9 Å². The lowest BCUT2D eigenvalue weighted by Crippen LogP contribution is -2.30. The number of rotatable bonds is 7. The summed E-state index contributed by atoms with van der Waals surface area (Å²) >= 11 is 8.88. The van der Waals surface area contributed by atoms with Crippen molar-refractivity contribution < 1.29 is 14.3 Å². The lowest BCUT2D eigenvalue weighted by Gasteiger charge is -2.13. The summed E-state index contributed by atoms with van der Waals surface area (Å²) in [5, 5.41) is 4.26. The molecule has 1 aliphatic rings. The van der Waals surface area contributed by atoms with Gasteiger partial charge in [-0.25, -0.2) is 0 Å². The minimum absolute atomic E-state index is 0.103. The van der Waals surface area contributed by atoms with Crippen LogP contribution in [0.1, 0.15) is 12.5 Å². The maximum absolute atomic E-state index is 12.7. The van der Waals surface area contributed by atoms with Crippen LogP contribution in [0.25, 0.3) is 17.0 Å². The predicted octanol–water partition coefficient (Wildman–Crippen LogP) is 2.59. The van der Waals surface area contributed by atoms with E-state index in [1.807, 2.05) is 42.0 Å². The summed E-state index contributed by atoms with van der Waals surface area (Å²) in [4.78, 5) is 28.3. The fourth-order valence-corrected chi connectivity index (χ4v) is 3.95. The Morgan fingerprint density at radius 3 is 2.79 bits per heavy atom. The van der Waals surface area contributed by atoms with Crippen LogP contribution in [0.4, 0.5) is 0 Å². The summed E-state index contributed by atoms with van der Waals surface area (Å²) in [6.07, 6.45) is 3.72. The van der Waals surface area contributed by atoms with E-state index in [2.05, 4.69) is 21.2 Å². The number of halogens is 1. The Labute approximate surface area is 183 Å². The standard InChI is InChI=1S/C20H23BrN4O3S/c1-4-25-19(27)17(23(2)20(25)29)9-13-11-24(12-18(26)22-7-8-28-3)16-6-5-14(21)10-15(13)16/h5-6,9-11H,4,7-8,12H2,1-3H3,(H,22,26)/b17-9-. The summed E-state index contributed by atoms with van der Waals surface area (Å²) in [7, 11) is 3.38. The second-order valence-electron chi connectivity index (χ2n) is 6.64. The third-order valence-electron chi connectivity index (χ3n) is 4.77. The van der Waals surface area contributed by atoms with Crippen LogP contribution in [0.3, 0.4) is 0 Å². The highest BCUT2D eigenvalue weighted by Crippen LogP contribution is 2.29. The number of benzene rings is 1. The molecule has 1 N–H and O–H groups in total. The van der Waals surface area contributed by atoms with Gasteiger partial charge in [0.05, 0.1) is 6.61 Å². The van der Waals surface area contributed by atoms with E-state index >= 15 is 0 Å². The minimum Gasteiger partial charge on any atom is -0.383 e. The van der Waals surface area contributed by atoms with Crippen molar-refractivity contribution >= 4 is 62.1 Å². The Morgan fingerprint density at radius 2 is 2.14 bits per heavy atom. The highest BCUT2D eigenvalue weighted by molar-refractivity contribution is 9.10. The molecule has 1 saturated heterocycles. The molecule has 0 spiro atoms. The molecule has 0 atom stereocenters. The first-order chi connectivity index (χ1) is 13.9. The number of methoxy groups -OCH3 is 1. The van der Waals surface area contributed by atoms with Crippen LogP contribution in [0.5, 0.6) is 0 Å². The first-order valence-corrected chi connectivity index (χ1v) is 10.4. The van der Waals surface area contributed by atoms with Gasteiger partial charge in [-0.2, -0.15) is 0 Å². The normalized spacial score (nSPS) is 15.8. The molecule has 0 bridgehead atoms. The molecule has 9 heteroatoms. The quantitative estimate of drug-likeness (QED) is 0.376. The van der Waals surface area contributed by atoms with Crippen molar-refractivity contribution in [3.05, 3.63) is 40.1 Å². The summed E-state index contributed by atoms with van der Waals surface area (Å²) < 4.78 is 7.77. The van der Waals surface area contributed by atoms with Gasteiger partial charge in [0, 0.05) is 54.4 Å². The fourth-order valence-electron chi connectivity index (χ4n) is 3.28. The van der Waals surface area contributed by atoms with Crippen molar-refractivity contribution in [2.75, 3.05) is 33.9 Å². The third kappa shape index (κ3) is 4.36. The van der Waals surface area contributed by atoms with Crippen LogP contribution in [0, 0.1) is 0 Å². The molecular formula is C20H23BrN4O3S. The molecule has 0 aliphatic carbocycles.